The van der Waals surface area contributed by atoms with Crippen molar-refractivity contribution in [2.75, 3.05) is 5.73 Å². The Morgan fingerprint density at radius 1 is 0.893 bits per heavy atom. The summed E-state index contributed by atoms with van der Waals surface area (Å²) in [5.41, 5.74) is 9.74. The van der Waals surface area contributed by atoms with Crippen LogP contribution in [0, 0.1) is 0 Å². The predicted octanol–water partition coefficient (Wildman–Crippen LogP) is 6.06. The van der Waals surface area contributed by atoms with E-state index in [1.807, 2.05) is 48.7 Å². The van der Waals surface area contributed by atoms with Crippen molar-refractivity contribution >= 4 is 16.7 Å². The van der Waals surface area contributed by atoms with E-state index in [1.165, 1.54) is 36.6 Å². The number of fused-ring (bicyclic) bond motifs is 1. The van der Waals surface area contributed by atoms with E-state index < -0.39 is 0 Å². The highest BCUT2D eigenvalue weighted by molar-refractivity contribution is 5.93. The molecule has 1 fully saturated rings. The van der Waals surface area contributed by atoms with Crippen molar-refractivity contribution in [1.29, 1.82) is 0 Å². The number of anilines is 1. The molecule has 0 saturated heterocycles. The fourth-order valence-corrected chi connectivity index (χ4v) is 4.29. The summed E-state index contributed by atoms with van der Waals surface area (Å²) >= 11 is 0. The van der Waals surface area contributed by atoms with E-state index in [2.05, 4.69) is 33.9 Å². The van der Waals surface area contributed by atoms with Gasteiger partial charge in [-0.25, -0.2) is 4.98 Å². The smallest absolute Gasteiger partial charge is 0.148 e. The van der Waals surface area contributed by atoms with E-state index in [9.17, 15) is 0 Å². The second kappa shape index (κ2) is 7.04. The number of hydrogen-bond donors (Lipinski definition) is 1. The van der Waals surface area contributed by atoms with Crippen LogP contribution in [0.3, 0.4) is 0 Å². The molecule has 2 N–H and O–H groups in total. The summed E-state index contributed by atoms with van der Waals surface area (Å²) in [5, 5.41) is 1.23. The molecule has 0 bridgehead atoms. The second-order valence-electron chi connectivity index (χ2n) is 7.44. The number of aromatic nitrogens is 2. The molecular weight excluding hydrogens is 346 g/mol. The zero-order chi connectivity index (χ0) is 18.9. The van der Waals surface area contributed by atoms with Crippen LogP contribution in [0.1, 0.15) is 37.2 Å². The van der Waals surface area contributed by atoms with E-state index in [0.717, 1.165) is 22.7 Å². The average molecular weight is 369 g/mol. The Bertz CT molecular complexity index is 1090. The van der Waals surface area contributed by atoms with Crippen LogP contribution < -0.4 is 10.5 Å². The van der Waals surface area contributed by atoms with Gasteiger partial charge in [0.2, 0.25) is 0 Å². The third-order valence-electron chi connectivity index (χ3n) is 5.66. The molecule has 1 saturated carbocycles. The minimum Gasteiger partial charge on any atom is -0.457 e. The van der Waals surface area contributed by atoms with Gasteiger partial charge in [0, 0.05) is 23.5 Å². The van der Waals surface area contributed by atoms with Gasteiger partial charge in [0.1, 0.15) is 17.3 Å². The first kappa shape index (κ1) is 16.9. The third-order valence-corrected chi connectivity index (χ3v) is 5.66. The Kier molecular flexibility index (Phi) is 4.24. The number of para-hydroxylation sites is 1. The van der Waals surface area contributed by atoms with Gasteiger partial charge in [0.15, 0.2) is 0 Å². The maximum Gasteiger partial charge on any atom is 0.148 e. The number of hydrogen-bond acceptors (Lipinski definition) is 3. The number of nitrogens with zero attached hydrogens (tertiary/aromatic N) is 2. The molecule has 4 nitrogen and oxygen atoms in total. The van der Waals surface area contributed by atoms with Gasteiger partial charge >= 0.3 is 0 Å². The Morgan fingerprint density at radius 3 is 2.36 bits per heavy atom. The number of benzene rings is 2. The highest BCUT2D eigenvalue weighted by Crippen LogP contribution is 2.40. The lowest BCUT2D eigenvalue weighted by atomic mass is 9.98. The highest BCUT2D eigenvalue weighted by Gasteiger charge is 2.23. The molecule has 2 aromatic heterocycles. The number of pyridine rings is 1. The normalized spacial score (nSPS) is 14.6. The molecule has 28 heavy (non-hydrogen) atoms. The molecule has 0 spiro atoms. The lowest BCUT2D eigenvalue weighted by Gasteiger charge is -2.09. The van der Waals surface area contributed by atoms with Gasteiger partial charge in [-0.1, -0.05) is 31.0 Å². The lowest BCUT2D eigenvalue weighted by molar-refractivity contribution is 0.482. The highest BCUT2D eigenvalue weighted by atomic mass is 16.5. The number of nitrogens with two attached hydrogens (primary N) is 1. The summed E-state index contributed by atoms with van der Waals surface area (Å²) in [5.74, 6) is 2.84. The second-order valence-corrected chi connectivity index (χ2v) is 7.44. The summed E-state index contributed by atoms with van der Waals surface area (Å²) in [6, 6.07) is 20.1. The van der Waals surface area contributed by atoms with Crippen LogP contribution in [0.25, 0.3) is 16.6 Å². The lowest BCUT2D eigenvalue weighted by Crippen LogP contribution is -1.97. The summed E-state index contributed by atoms with van der Waals surface area (Å²) in [6.45, 7) is 0. The monoisotopic (exact) mass is 369 g/mol. The molecule has 0 atom stereocenters. The van der Waals surface area contributed by atoms with Crippen LogP contribution in [0.2, 0.25) is 0 Å². The fourth-order valence-electron chi connectivity index (χ4n) is 4.29. The molecule has 4 aromatic rings. The van der Waals surface area contributed by atoms with Crippen molar-refractivity contribution < 1.29 is 4.74 Å². The quantitative estimate of drug-likeness (QED) is 0.476. The van der Waals surface area contributed by atoms with Gasteiger partial charge < -0.3 is 15.0 Å². The molecule has 0 radical (unpaired) electrons. The van der Waals surface area contributed by atoms with E-state index in [0.29, 0.717) is 11.7 Å². The molecule has 2 aromatic carbocycles. The van der Waals surface area contributed by atoms with Crippen LogP contribution in [0.15, 0.2) is 73.1 Å². The zero-order valence-corrected chi connectivity index (χ0v) is 15.7. The van der Waals surface area contributed by atoms with Gasteiger partial charge in [0.05, 0.1) is 5.52 Å². The number of rotatable bonds is 4. The predicted molar refractivity (Wildman–Crippen MR) is 113 cm³/mol. The summed E-state index contributed by atoms with van der Waals surface area (Å²) in [6.07, 6.45) is 9.20. The van der Waals surface area contributed by atoms with Crippen molar-refractivity contribution in [1.82, 2.24) is 9.55 Å². The van der Waals surface area contributed by atoms with Crippen LogP contribution >= 0.6 is 0 Å². The van der Waals surface area contributed by atoms with Crippen molar-refractivity contribution in [3.63, 3.8) is 0 Å². The third kappa shape index (κ3) is 3.01. The minimum atomic E-state index is 0.575. The molecule has 1 aliphatic rings. The summed E-state index contributed by atoms with van der Waals surface area (Å²) in [4.78, 5) is 4.34. The summed E-state index contributed by atoms with van der Waals surface area (Å²) < 4.78 is 8.10. The zero-order valence-electron chi connectivity index (χ0n) is 15.7. The molecule has 1 aliphatic carbocycles. The van der Waals surface area contributed by atoms with E-state index in [1.54, 1.807) is 0 Å². The number of nitrogen functional groups attached to an aromatic ring is 1. The summed E-state index contributed by atoms with van der Waals surface area (Å²) in [7, 11) is 0. The molecule has 0 aliphatic heterocycles. The van der Waals surface area contributed by atoms with Crippen molar-refractivity contribution in [3.05, 3.63) is 78.6 Å². The van der Waals surface area contributed by atoms with Gasteiger partial charge in [0.25, 0.3) is 0 Å². The minimum absolute atomic E-state index is 0.575. The topological polar surface area (TPSA) is 53.1 Å². The average Bonchev–Trinajstić information content (AvgIpc) is 3.38. The first-order chi connectivity index (χ1) is 13.8. The molecule has 4 heteroatoms. The van der Waals surface area contributed by atoms with Crippen molar-refractivity contribution in [3.8, 4) is 17.2 Å². The van der Waals surface area contributed by atoms with Crippen LogP contribution in [0.4, 0.5) is 5.82 Å². The van der Waals surface area contributed by atoms with Crippen molar-refractivity contribution in [2.24, 2.45) is 0 Å². The Labute approximate surface area is 164 Å². The van der Waals surface area contributed by atoms with Crippen LogP contribution in [-0.4, -0.2) is 9.55 Å². The van der Waals surface area contributed by atoms with Gasteiger partial charge in [-0.3, -0.25) is 0 Å². The van der Waals surface area contributed by atoms with E-state index >= 15 is 0 Å². The van der Waals surface area contributed by atoms with E-state index in [-0.39, 0.29) is 0 Å². The Balaban J connectivity index is 1.53. The van der Waals surface area contributed by atoms with Crippen LogP contribution in [0.5, 0.6) is 11.5 Å². The maximum atomic E-state index is 6.28. The van der Waals surface area contributed by atoms with Crippen LogP contribution in [-0.2, 0) is 0 Å². The fraction of sp³-hybridized carbons (Fsp3) is 0.208. The maximum absolute atomic E-state index is 6.28. The van der Waals surface area contributed by atoms with Gasteiger partial charge in [-0.15, -0.1) is 0 Å². The first-order valence-corrected chi connectivity index (χ1v) is 9.88. The largest absolute Gasteiger partial charge is 0.457 e. The SMILES string of the molecule is Nc1nccc2c(C3CCCC3)cn(-c3ccc(Oc4ccccc4)cc3)c12. The standard InChI is InChI=1S/C24H23N3O/c25-24-23-21(14-15-26-24)22(17-6-4-5-7-17)16-27(23)18-10-12-20(13-11-18)28-19-8-2-1-3-9-19/h1-3,8-17H,4-7H2,(H2,25,26). The molecule has 2 heterocycles. The Hall–Kier alpha value is -3.27. The molecule has 5 rings (SSSR count). The van der Waals surface area contributed by atoms with E-state index in [4.69, 9.17) is 10.5 Å². The Morgan fingerprint density at radius 2 is 1.61 bits per heavy atom. The number of ether oxygens (including phenoxy) is 1. The van der Waals surface area contributed by atoms with Gasteiger partial charge in [-0.2, -0.15) is 0 Å². The molecule has 0 unspecified atom stereocenters. The van der Waals surface area contributed by atoms with Crippen molar-refractivity contribution in [2.45, 2.75) is 31.6 Å². The molecule has 0 amide bonds. The first-order valence-electron chi connectivity index (χ1n) is 9.88. The van der Waals surface area contributed by atoms with Gasteiger partial charge in [-0.05, 0) is 66.8 Å². The molecule has 140 valence electrons. The molecular formula is C24H23N3O.